The van der Waals surface area contributed by atoms with E-state index in [0.717, 1.165) is 18.7 Å². The Balaban J connectivity index is 0.00000242. The molecule has 0 aliphatic rings. The maximum Gasteiger partial charge on any atom is 0.256 e. The fourth-order valence-electron chi connectivity index (χ4n) is 1.84. The van der Waals surface area contributed by atoms with Crippen molar-refractivity contribution in [2.45, 2.75) is 13.1 Å². The highest BCUT2D eigenvalue weighted by molar-refractivity contribution is 6.03. The lowest BCUT2D eigenvalue weighted by Gasteiger charge is -2.08. The second-order valence-corrected chi connectivity index (χ2v) is 5.12. The molecule has 0 bridgehead atoms. The first-order chi connectivity index (χ1) is 10.1. The maximum atomic E-state index is 12.1. The van der Waals surface area contributed by atoms with E-state index in [-0.39, 0.29) is 30.7 Å². The number of hydrogen-bond acceptors (Lipinski definition) is 4. The van der Waals surface area contributed by atoms with E-state index < -0.39 is 0 Å². The van der Waals surface area contributed by atoms with Gasteiger partial charge in [-0.2, -0.15) is 5.10 Å². The number of rotatable bonds is 6. The van der Waals surface area contributed by atoms with Gasteiger partial charge in [0.05, 0.1) is 6.54 Å². The Labute approximate surface area is 148 Å². The smallest absolute Gasteiger partial charge is 0.256 e. The Morgan fingerprint density at radius 1 is 1.22 bits per heavy atom. The SMILES string of the molecule is CN(C)CCn1ccc(NC(=O)c2ccc(CN)cc2)n1.Cl.Cl. The van der Waals surface area contributed by atoms with Gasteiger partial charge in [0.25, 0.3) is 5.91 Å². The maximum absolute atomic E-state index is 12.1. The average Bonchev–Trinajstić information content (AvgIpc) is 2.92. The van der Waals surface area contributed by atoms with Crippen LogP contribution in [-0.2, 0) is 13.1 Å². The Bertz CT molecular complexity index is 598. The van der Waals surface area contributed by atoms with Gasteiger partial charge in [-0.05, 0) is 31.8 Å². The van der Waals surface area contributed by atoms with Crippen molar-refractivity contribution in [1.82, 2.24) is 14.7 Å². The Kier molecular flexibility index (Phi) is 9.52. The first-order valence-corrected chi connectivity index (χ1v) is 6.87. The summed E-state index contributed by atoms with van der Waals surface area (Å²) in [4.78, 5) is 14.2. The van der Waals surface area contributed by atoms with Crippen LogP contribution in [0.4, 0.5) is 5.82 Å². The minimum atomic E-state index is -0.170. The summed E-state index contributed by atoms with van der Waals surface area (Å²) < 4.78 is 1.81. The predicted molar refractivity (Wildman–Crippen MR) is 97.6 cm³/mol. The second kappa shape index (κ2) is 10.2. The minimum Gasteiger partial charge on any atom is -0.326 e. The van der Waals surface area contributed by atoms with Crippen molar-refractivity contribution in [3.63, 3.8) is 0 Å². The molecule has 0 aliphatic carbocycles. The Morgan fingerprint density at radius 2 is 1.87 bits per heavy atom. The van der Waals surface area contributed by atoms with Crippen LogP contribution in [0, 0.1) is 0 Å². The molecule has 0 radical (unpaired) electrons. The van der Waals surface area contributed by atoms with Gasteiger partial charge < -0.3 is 16.0 Å². The van der Waals surface area contributed by atoms with Crippen molar-refractivity contribution in [2.75, 3.05) is 26.0 Å². The molecule has 0 atom stereocenters. The summed E-state index contributed by atoms with van der Waals surface area (Å²) in [7, 11) is 4.02. The molecule has 1 heterocycles. The average molecular weight is 360 g/mol. The molecule has 0 saturated heterocycles. The molecule has 1 aromatic heterocycles. The lowest BCUT2D eigenvalue weighted by Crippen LogP contribution is -2.19. The fourth-order valence-corrected chi connectivity index (χ4v) is 1.84. The zero-order valence-corrected chi connectivity index (χ0v) is 14.9. The van der Waals surface area contributed by atoms with Gasteiger partial charge in [-0.3, -0.25) is 9.48 Å². The number of nitrogens with zero attached hydrogens (tertiary/aromatic N) is 3. The van der Waals surface area contributed by atoms with Crippen molar-refractivity contribution >= 4 is 36.5 Å². The fraction of sp³-hybridized carbons (Fsp3) is 0.333. The lowest BCUT2D eigenvalue weighted by atomic mass is 10.1. The molecule has 3 N–H and O–H groups in total. The molecule has 0 aliphatic heterocycles. The van der Waals surface area contributed by atoms with Crippen molar-refractivity contribution in [2.24, 2.45) is 5.73 Å². The van der Waals surface area contributed by atoms with Crippen LogP contribution < -0.4 is 11.1 Å². The van der Waals surface area contributed by atoms with Gasteiger partial charge >= 0.3 is 0 Å². The van der Waals surface area contributed by atoms with Crippen LogP contribution in [0.25, 0.3) is 0 Å². The molecule has 23 heavy (non-hydrogen) atoms. The number of likely N-dealkylation sites (N-methyl/N-ethyl adjacent to an activating group) is 1. The zero-order chi connectivity index (χ0) is 15.2. The number of halogens is 2. The summed E-state index contributed by atoms with van der Waals surface area (Å²) in [6.45, 7) is 2.15. The van der Waals surface area contributed by atoms with E-state index >= 15 is 0 Å². The summed E-state index contributed by atoms with van der Waals surface area (Å²) in [5.74, 6) is 0.387. The minimum absolute atomic E-state index is 0. The van der Waals surface area contributed by atoms with Crippen molar-refractivity contribution in [1.29, 1.82) is 0 Å². The summed E-state index contributed by atoms with van der Waals surface area (Å²) >= 11 is 0. The van der Waals surface area contributed by atoms with Crippen LogP contribution >= 0.6 is 24.8 Å². The van der Waals surface area contributed by atoms with Crippen molar-refractivity contribution < 1.29 is 4.79 Å². The highest BCUT2D eigenvalue weighted by atomic mass is 35.5. The van der Waals surface area contributed by atoms with Gasteiger partial charge in [-0.1, -0.05) is 12.1 Å². The molecule has 128 valence electrons. The highest BCUT2D eigenvalue weighted by Gasteiger charge is 2.08. The molecule has 1 amide bonds. The molecular weight excluding hydrogens is 337 g/mol. The number of nitrogens with one attached hydrogen (secondary N) is 1. The normalized spacial score (nSPS) is 9.91. The number of amides is 1. The quantitative estimate of drug-likeness (QED) is 0.826. The van der Waals surface area contributed by atoms with Gasteiger partial charge in [0.15, 0.2) is 5.82 Å². The third-order valence-electron chi connectivity index (χ3n) is 3.11. The molecule has 0 spiro atoms. The van der Waals surface area contributed by atoms with E-state index in [0.29, 0.717) is 17.9 Å². The van der Waals surface area contributed by atoms with Crippen molar-refractivity contribution in [3.8, 4) is 0 Å². The number of carbonyl (C=O) groups excluding carboxylic acids is 1. The van der Waals surface area contributed by atoms with Gasteiger partial charge in [0.1, 0.15) is 0 Å². The number of anilines is 1. The van der Waals surface area contributed by atoms with E-state index in [2.05, 4.69) is 15.3 Å². The number of nitrogens with two attached hydrogens (primary N) is 1. The molecule has 2 aromatic rings. The lowest BCUT2D eigenvalue weighted by molar-refractivity contribution is 0.102. The van der Waals surface area contributed by atoms with Crippen LogP contribution in [0.1, 0.15) is 15.9 Å². The topological polar surface area (TPSA) is 76.2 Å². The van der Waals surface area contributed by atoms with Gasteiger partial charge in [-0.15, -0.1) is 24.8 Å². The molecule has 1 aromatic carbocycles. The van der Waals surface area contributed by atoms with Crippen LogP contribution in [0.5, 0.6) is 0 Å². The van der Waals surface area contributed by atoms with Crippen LogP contribution in [0.15, 0.2) is 36.5 Å². The molecule has 2 rings (SSSR count). The van der Waals surface area contributed by atoms with Crippen LogP contribution in [-0.4, -0.2) is 41.2 Å². The number of carbonyl (C=O) groups is 1. The Hall–Kier alpha value is -1.60. The number of benzene rings is 1. The summed E-state index contributed by atoms with van der Waals surface area (Å²) in [5.41, 5.74) is 7.13. The first kappa shape index (κ1) is 21.4. The number of hydrogen-bond donors (Lipinski definition) is 2. The van der Waals surface area contributed by atoms with E-state index in [1.54, 1.807) is 18.2 Å². The second-order valence-electron chi connectivity index (χ2n) is 5.12. The summed E-state index contributed by atoms with van der Waals surface area (Å²) in [6, 6.07) is 9.03. The monoisotopic (exact) mass is 359 g/mol. The van der Waals surface area contributed by atoms with Crippen LogP contribution in [0.3, 0.4) is 0 Å². The first-order valence-electron chi connectivity index (χ1n) is 6.87. The summed E-state index contributed by atoms with van der Waals surface area (Å²) in [5, 5.41) is 7.11. The van der Waals surface area contributed by atoms with E-state index in [1.807, 2.05) is 37.1 Å². The van der Waals surface area contributed by atoms with Gasteiger partial charge in [0, 0.05) is 30.9 Å². The van der Waals surface area contributed by atoms with Crippen molar-refractivity contribution in [3.05, 3.63) is 47.7 Å². The third kappa shape index (κ3) is 6.58. The molecule has 0 saturated carbocycles. The predicted octanol–water partition coefficient (Wildman–Crippen LogP) is 2.00. The standard InChI is InChI=1S/C15H21N5O.2ClH/c1-19(2)9-10-20-8-7-14(18-20)17-15(21)13-5-3-12(11-16)4-6-13;;/h3-8H,9-11,16H2,1-2H3,(H,17,18,21);2*1H. The van der Waals surface area contributed by atoms with Gasteiger partial charge in [-0.25, -0.2) is 0 Å². The zero-order valence-electron chi connectivity index (χ0n) is 13.2. The molecule has 8 heteroatoms. The number of aromatic nitrogens is 2. The molecule has 0 fully saturated rings. The Morgan fingerprint density at radius 3 is 2.43 bits per heavy atom. The largest absolute Gasteiger partial charge is 0.326 e. The van der Waals surface area contributed by atoms with E-state index in [9.17, 15) is 4.79 Å². The molecule has 6 nitrogen and oxygen atoms in total. The molecular formula is C15H23Cl2N5O. The van der Waals surface area contributed by atoms with E-state index in [1.165, 1.54) is 0 Å². The highest BCUT2D eigenvalue weighted by Crippen LogP contribution is 2.08. The third-order valence-corrected chi connectivity index (χ3v) is 3.11. The summed E-state index contributed by atoms with van der Waals surface area (Å²) in [6.07, 6.45) is 1.86. The molecule has 0 unspecified atom stereocenters. The van der Waals surface area contributed by atoms with E-state index in [4.69, 9.17) is 5.73 Å². The van der Waals surface area contributed by atoms with Gasteiger partial charge in [0.2, 0.25) is 0 Å². The van der Waals surface area contributed by atoms with Crippen LogP contribution in [0.2, 0.25) is 0 Å².